The molecule has 1 aromatic heterocycles. The van der Waals surface area contributed by atoms with Crippen LogP contribution in [0.3, 0.4) is 0 Å². The number of aryl methyl sites for hydroxylation is 1. The van der Waals surface area contributed by atoms with Gasteiger partial charge in [0.15, 0.2) is 0 Å². The molecule has 1 heterocycles. The average Bonchev–Trinajstić information content (AvgIpc) is 2.75. The molecule has 0 aliphatic rings. The van der Waals surface area contributed by atoms with Gasteiger partial charge >= 0.3 is 12.0 Å². The number of methoxy groups -OCH3 is 1. The Hall–Kier alpha value is -3.95. The lowest BCUT2D eigenvalue weighted by Gasteiger charge is -2.09. The average molecular weight is 427 g/mol. The second-order valence-corrected chi connectivity index (χ2v) is 6.56. The molecule has 0 fully saturated rings. The molecular formula is C21H25N5O5. The van der Waals surface area contributed by atoms with Crippen molar-refractivity contribution in [2.45, 2.75) is 19.8 Å². The summed E-state index contributed by atoms with van der Waals surface area (Å²) in [5.74, 6) is -0.558. The fourth-order valence-corrected chi connectivity index (χ4v) is 2.40. The van der Waals surface area contributed by atoms with Gasteiger partial charge in [0.1, 0.15) is 5.82 Å². The predicted octanol–water partition coefficient (Wildman–Crippen LogP) is 1.83. The van der Waals surface area contributed by atoms with Crippen molar-refractivity contribution in [3.8, 4) is 0 Å². The van der Waals surface area contributed by atoms with E-state index in [0.717, 1.165) is 5.56 Å². The van der Waals surface area contributed by atoms with Crippen LogP contribution in [0.5, 0.6) is 0 Å². The fourth-order valence-electron chi connectivity index (χ4n) is 2.40. The van der Waals surface area contributed by atoms with Gasteiger partial charge in [-0.2, -0.15) is 0 Å². The summed E-state index contributed by atoms with van der Waals surface area (Å²) in [6, 6.07) is 9.31. The van der Waals surface area contributed by atoms with E-state index >= 15 is 0 Å². The fraction of sp³-hybridized carbons (Fsp3) is 0.286. The third-order valence-electron chi connectivity index (χ3n) is 4.06. The van der Waals surface area contributed by atoms with Gasteiger partial charge in [-0.3, -0.25) is 14.4 Å². The maximum absolute atomic E-state index is 12.0. The molecule has 2 aromatic rings. The van der Waals surface area contributed by atoms with E-state index in [1.54, 1.807) is 36.5 Å². The van der Waals surface area contributed by atoms with Crippen molar-refractivity contribution in [2.75, 3.05) is 30.8 Å². The van der Waals surface area contributed by atoms with Gasteiger partial charge in [-0.25, -0.2) is 9.78 Å². The minimum atomic E-state index is -0.475. The number of amides is 4. The first-order valence-corrected chi connectivity index (χ1v) is 9.60. The summed E-state index contributed by atoms with van der Waals surface area (Å²) in [7, 11) is 1.28. The lowest BCUT2D eigenvalue weighted by atomic mass is 10.2. The van der Waals surface area contributed by atoms with E-state index in [2.05, 4.69) is 31.0 Å². The van der Waals surface area contributed by atoms with Crippen molar-refractivity contribution in [3.63, 3.8) is 0 Å². The van der Waals surface area contributed by atoms with E-state index in [0.29, 0.717) is 17.1 Å². The monoisotopic (exact) mass is 427 g/mol. The first-order chi connectivity index (χ1) is 14.9. The largest absolute Gasteiger partial charge is 0.469 e. The van der Waals surface area contributed by atoms with Crippen LogP contribution in [-0.2, 0) is 14.3 Å². The number of rotatable bonds is 9. The minimum Gasteiger partial charge on any atom is -0.469 e. The first-order valence-electron chi connectivity index (χ1n) is 9.60. The van der Waals surface area contributed by atoms with Crippen LogP contribution in [0.4, 0.5) is 16.3 Å². The highest BCUT2D eigenvalue weighted by molar-refractivity contribution is 5.96. The number of benzene rings is 1. The van der Waals surface area contributed by atoms with Gasteiger partial charge in [0.05, 0.1) is 13.5 Å². The number of nitrogens with zero attached hydrogens (tertiary/aromatic N) is 1. The van der Waals surface area contributed by atoms with Crippen molar-refractivity contribution in [2.24, 2.45) is 0 Å². The Kier molecular flexibility index (Phi) is 8.96. The van der Waals surface area contributed by atoms with E-state index in [-0.39, 0.29) is 37.7 Å². The highest BCUT2D eigenvalue weighted by atomic mass is 16.5. The summed E-state index contributed by atoms with van der Waals surface area (Å²) in [5.41, 5.74) is 1.86. The molecule has 0 aliphatic carbocycles. The maximum atomic E-state index is 12.0. The van der Waals surface area contributed by atoms with Gasteiger partial charge in [-0.05, 0) is 42.8 Å². The summed E-state index contributed by atoms with van der Waals surface area (Å²) in [5, 5.41) is 10.4. The molecule has 0 radical (unpaired) electrons. The number of carbonyl (C=O) groups is 4. The second-order valence-electron chi connectivity index (χ2n) is 6.56. The molecule has 31 heavy (non-hydrogen) atoms. The van der Waals surface area contributed by atoms with Crippen LogP contribution in [0, 0.1) is 6.92 Å². The molecule has 0 atom stereocenters. The molecule has 1 aromatic carbocycles. The number of carbonyl (C=O) groups excluding carboxylic acids is 4. The van der Waals surface area contributed by atoms with Gasteiger partial charge in [0, 0.05) is 37.0 Å². The number of hydrogen-bond acceptors (Lipinski definition) is 6. The Morgan fingerprint density at radius 1 is 0.903 bits per heavy atom. The highest BCUT2D eigenvalue weighted by Gasteiger charge is 2.09. The van der Waals surface area contributed by atoms with Gasteiger partial charge in [0.2, 0.25) is 5.91 Å². The smallest absolute Gasteiger partial charge is 0.319 e. The zero-order chi connectivity index (χ0) is 22.6. The van der Waals surface area contributed by atoms with Crippen molar-refractivity contribution in [3.05, 3.63) is 53.7 Å². The van der Waals surface area contributed by atoms with Crippen LogP contribution in [-0.4, -0.2) is 49.0 Å². The van der Waals surface area contributed by atoms with E-state index in [1.807, 2.05) is 13.0 Å². The van der Waals surface area contributed by atoms with Crippen LogP contribution in [0.2, 0.25) is 0 Å². The number of urea groups is 1. The Morgan fingerprint density at radius 3 is 2.26 bits per heavy atom. The van der Waals surface area contributed by atoms with E-state index in [4.69, 9.17) is 0 Å². The number of anilines is 2. The molecule has 10 heteroatoms. The Labute approximate surface area is 179 Å². The SMILES string of the molecule is COC(=O)CCNC(=O)c1ccc(NC(=O)NCCC(=O)Nc2ccc(C)cn2)cc1. The van der Waals surface area contributed by atoms with E-state index in [9.17, 15) is 19.2 Å². The van der Waals surface area contributed by atoms with Crippen LogP contribution in [0.15, 0.2) is 42.6 Å². The van der Waals surface area contributed by atoms with Crippen LogP contribution in [0.1, 0.15) is 28.8 Å². The molecule has 10 nitrogen and oxygen atoms in total. The molecule has 0 saturated carbocycles. The summed E-state index contributed by atoms with van der Waals surface area (Å²) < 4.78 is 4.50. The summed E-state index contributed by atoms with van der Waals surface area (Å²) in [4.78, 5) is 51.0. The Balaban J connectivity index is 1.69. The molecule has 2 rings (SSSR count). The van der Waals surface area contributed by atoms with Crippen LogP contribution in [0.25, 0.3) is 0 Å². The minimum absolute atomic E-state index is 0.0849. The Bertz CT molecular complexity index is 913. The molecule has 164 valence electrons. The van der Waals surface area contributed by atoms with Crippen molar-refractivity contribution >= 4 is 35.3 Å². The standard InChI is InChI=1S/C21H25N5O5/c1-14-3-8-17(24-13-14)26-18(27)9-11-23-21(30)25-16-6-4-15(5-7-16)20(29)22-12-10-19(28)31-2/h3-8,13H,9-12H2,1-2H3,(H,22,29)(H2,23,25,30)(H,24,26,27). The molecule has 0 bridgehead atoms. The van der Waals surface area contributed by atoms with E-state index < -0.39 is 12.0 Å². The number of nitrogens with one attached hydrogen (secondary N) is 4. The topological polar surface area (TPSA) is 139 Å². The number of hydrogen-bond donors (Lipinski definition) is 4. The molecule has 0 saturated heterocycles. The third-order valence-corrected chi connectivity index (χ3v) is 4.06. The zero-order valence-electron chi connectivity index (χ0n) is 17.4. The Morgan fingerprint density at radius 2 is 1.61 bits per heavy atom. The first kappa shape index (κ1) is 23.3. The van der Waals surface area contributed by atoms with Crippen molar-refractivity contribution in [1.29, 1.82) is 0 Å². The quantitative estimate of drug-likeness (QED) is 0.451. The molecule has 0 spiro atoms. The number of esters is 1. The summed E-state index contributed by atoms with van der Waals surface area (Å²) >= 11 is 0. The number of pyridine rings is 1. The van der Waals surface area contributed by atoms with Gasteiger partial charge in [0.25, 0.3) is 5.91 Å². The lowest BCUT2D eigenvalue weighted by molar-refractivity contribution is -0.140. The normalized spacial score (nSPS) is 10.0. The van der Waals surface area contributed by atoms with E-state index in [1.165, 1.54) is 7.11 Å². The second kappa shape index (κ2) is 11.9. The highest BCUT2D eigenvalue weighted by Crippen LogP contribution is 2.09. The van der Waals surface area contributed by atoms with Gasteiger partial charge < -0.3 is 26.0 Å². The summed E-state index contributed by atoms with van der Waals surface area (Å²) in [6.45, 7) is 2.21. The van der Waals surface area contributed by atoms with Crippen LogP contribution < -0.4 is 21.3 Å². The van der Waals surface area contributed by atoms with Crippen LogP contribution >= 0.6 is 0 Å². The lowest BCUT2D eigenvalue weighted by Crippen LogP contribution is -2.31. The molecule has 4 N–H and O–H groups in total. The molecular weight excluding hydrogens is 402 g/mol. The number of ether oxygens (including phenoxy) is 1. The third kappa shape index (κ3) is 8.52. The number of aromatic nitrogens is 1. The molecule has 0 unspecified atom stereocenters. The zero-order valence-corrected chi connectivity index (χ0v) is 17.4. The van der Waals surface area contributed by atoms with Crippen molar-refractivity contribution in [1.82, 2.24) is 15.6 Å². The molecule has 4 amide bonds. The predicted molar refractivity (Wildman–Crippen MR) is 115 cm³/mol. The maximum Gasteiger partial charge on any atom is 0.319 e. The molecule has 0 aliphatic heterocycles. The van der Waals surface area contributed by atoms with Gasteiger partial charge in [-0.15, -0.1) is 0 Å². The van der Waals surface area contributed by atoms with Crippen molar-refractivity contribution < 1.29 is 23.9 Å². The van der Waals surface area contributed by atoms with Gasteiger partial charge in [-0.1, -0.05) is 6.07 Å². The summed E-state index contributed by atoms with van der Waals surface area (Å²) in [6.07, 6.45) is 1.83.